The van der Waals surface area contributed by atoms with E-state index in [1.165, 1.54) is 9.80 Å². The van der Waals surface area contributed by atoms with Crippen molar-refractivity contribution >= 4 is 10.1 Å². The highest BCUT2D eigenvalue weighted by atomic mass is 32.2. The molecule has 0 aliphatic carbocycles. The third-order valence-electron chi connectivity index (χ3n) is 2.83. The number of rotatable bonds is 3. The van der Waals surface area contributed by atoms with Crippen LogP contribution in [0.15, 0.2) is 24.8 Å². The van der Waals surface area contributed by atoms with Crippen molar-refractivity contribution in [2.45, 2.75) is 31.7 Å². The van der Waals surface area contributed by atoms with Crippen LogP contribution in [0.1, 0.15) is 13.8 Å². The van der Waals surface area contributed by atoms with Crippen molar-refractivity contribution in [1.82, 2.24) is 20.4 Å². The van der Waals surface area contributed by atoms with Gasteiger partial charge < -0.3 is 25.0 Å². The third kappa shape index (κ3) is 2.18. The molecule has 17 heavy (non-hydrogen) atoms. The molecular formula is C9H15N4O3S-. The fourth-order valence-corrected chi connectivity index (χ4v) is 3.05. The molecule has 8 heteroatoms. The summed E-state index contributed by atoms with van der Waals surface area (Å²) in [6, 6.07) is 0. The van der Waals surface area contributed by atoms with Crippen molar-refractivity contribution in [3.8, 4) is 0 Å². The average Bonchev–Trinajstić information content (AvgIpc) is 2.77. The lowest BCUT2D eigenvalue weighted by atomic mass is 10.5. The van der Waals surface area contributed by atoms with E-state index in [9.17, 15) is 13.0 Å². The van der Waals surface area contributed by atoms with Crippen LogP contribution < -0.4 is 10.6 Å². The first-order valence-electron chi connectivity index (χ1n) is 5.26. The highest BCUT2D eigenvalue weighted by Gasteiger charge is 2.35. The second-order valence-corrected chi connectivity index (χ2v) is 5.44. The molecule has 0 aromatic heterocycles. The van der Waals surface area contributed by atoms with Crippen molar-refractivity contribution in [2.75, 3.05) is 0 Å². The van der Waals surface area contributed by atoms with Crippen molar-refractivity contribution in [2.24, 2.45) is 0 Å². The fraction of sp³-hybridized carbons (Fsp3) is 0.556. The van der Waals surface area contributed by atoms with Gasteiger partial charge in [-0.2, -0.15) is 0 Å². The predicted molar refractivity (Wildman–Crippen MR) is 60.6 cm³/mol. The minimum absolute atomic E-state index is 0.232. The molecule has 2 heterocycles. The molecule has 2 aliphatic heterocycles. The van der Waals surface area contributed by atoms with Crippen LogP contribution in [0.25, 0.3) is 0 Å². The number of hydrogen-bond acceptors (Lipinski definition) is 7. The van der Waals surface area contributed by atoms with Crippen LogP contribution in [0.3, 0.4) is 0 Å². The molecule has 2 aliphatic rings. The van der Waals surface area contributed by atoms with Gasteiger partial charge in [0.15, 0.2) is 5.50 Å². The Balaban J connectivity index is 2.32. The lowest BCUT2D eigenvalue weighted by Gasteiger charge is -2.40. The molecule has 0 bridgehead atoms. The van der Waals surface area contributed by atoms with Crippen molar-refractivity contribution in [3.63, 3.8) is 0 Å². The van der Waals surface area contributed by atoms with Gasteiger partial charge in [0.1, 0.15) is 10.1 Å². The van der Waals surface area contributed by atoms with Gasteiger partial charge in [0, 0.05) is 24.8 Å². The summed E-state index contributed by atoms with van der Waals surface area (Å²) in [5.74, 6) is 0. The van der Waals surface area contributed by atoms with Crippen molar-refractivity contribution < 1.29 is 13.0 Å². The standard InChI is InChI=1S/C9H16N4O3S/c1-7-10-3-5-12(7)9(17(14,15)16)13-6-4-11-8(13)2/h3-11H,1-2H3,(H,14,15,16)/p-1/t7-,8+,9?. The summed E-state index contributed by atoms with van der Waals surface area (Å²) in [7, 11) is -4.48. The zero-order valence-corrected chi connectivity index (χ0v) is 10.4. The van der Waals surface area contributed by atoms with Crippen LogP contribution in [0, 0.1) is 0 Å². The molecule has 0 aromatic rings. The van der Waals surface area contributed by atoms with Gasteiger partial charge in [-0.25, -0.2) is 8.42 Å². The van der Waals surface area contributed by atoms with E-state index < -0.39 is 15.6 Å². The Kier molecular flexibility index (Phi) is 2.92. The Morgan fingerprint density at radius 1 is 1.12 bits per heavy atom. The van der Waals surface area contributed by atoms with Crippen LogP contribution in [0.4, 0.5) is 0 Å². The van der Waals surface area contributed by atoms with E-state index in [-0.39, 0.29) is 12.3 Å². The van der Waals surface area contributed by atoms with Gasteiger partial charge in [0.2, 0.25) is 0 Å². The molecule has 0 aromatic carbocycles. The summed E-state index contributed by atoms with van der Waals surface area (Å²) in [6.07, 6.45) is 5.93. The highest BCUT2D eigenvalue weighted by molar-refractivity contribution is 7.86. The summed E-state index contributed by atoms with van der Waals surface area (Å²) in [5, 5.41) is 5.86. The van der Waals surface area contributed by atoms with E-state index in [4.69, 9.17) is 0 Å². The topological polar surface area (TPSA) is 87.7 Å². The maximum absolute atomic E-state index is 11.4. The van der Waals surface area contributed by atoms with Gasteiger partial charge >= 0.3 is 0 Å². The molecule has 0 saturated heterocycles. The largest absolute Gasteiger partial charge is 0.745 e. The fourth-order valence-electron chi connectivity index (χ4n) is 1.95. The Bertz CT molecular complexity index is 421. The van der Waals surface area contributed by atoms with Gasteiger partial charge in [-0.15, -0.1) is 0 Å². The molecule has 1 unspecified atom stereocenters. The van der Waals surface area contributed by atoms with Crippen LogP contribution in [0.2, 0.25) is 0 Å². The number of hydrogen-bond donors (Lipinski definition) is 2. The smallest absolute Gasteiger partial charge is 0.197 e. The Hall–Kier alpha value is -1.41. The maximum atomic E-state index is 11.4. The predicted octanol–water partition coefficient (Wildman–Crippen LogP) is -0.740. The summed E-state index contributed by atoms with van der Waals surface area (Å²) < 4.78 is 34.3. The van der Waals surface area contributed by atoms with Gasteiger partial charge in [-0.1, -0.05) is 0 Å². The monoisotopic (exact) mass is 259 g/mol. The minimum Gasteiger partial charge on any atom is -0.745 e. The summed E-state index contributed by atoms with van der Waals surface area (Å²) in [4.78, 5) is 2.96. The van der Waals surface area contributed by atoms with Crippen LogP contribution in [-0.2, 0) is 10.1 Å². The van der Waals surface area contributed by atoms with E-state index in [1.54, 1.807) is 38.6 Å². The number of nitrogens with one attached hydrogen (secondary N) is 2. The zero-order chi connectivity index (χ0) is 12.6. The van der Waals surface area contributed by atoms with E-state index in [2.05, 4.69) is 10.6 Å². The molecular weight excluding hydrogens is 244 g/mol. The molecule has 0 saturated carbocycles. The van der Waals surface area contributed by atoms with Crippen LogP contribution in [-0.4, -0.2) is 40.6 Å². The SMILES string of the molecule is C[C@@H]1NC=CN1C(N1C=CN[C@@H]1C)S(=O)(=O)[O-]. The lowest BCUT2D eigenvalue weighted by Crippen LogP contribution is -2.55. The lowest BCUT2D eigenvalue weighted by molar-refractivity contribution is 0.117. The Morgan fingerprint density at radius 3 is 1.76 bits per heavy atom. The summed E-state index contributed by atoms with van der Waals surface area (Å²) in [6.45, 7) is 3.58. The molecule has 0 radical (unpaired) electrons. The van der Waals surface area contributed by atoms with Gasteiger partial charge in [0.05, 0.1) is 12.3 Å². The molecule has 7 nitrogen and oxygen atoms in total. The van der Waals surface area contributed by atoms with Crippen molar-refractivity contribution in [3.05, 3.63) is 24.8 Å². The molecule has 0 fully saturated rings. The van der Waals surface area contributed by atoms with Gasteiger partial charge in [-0.3, -0.25) is 0 Å². The maximum Gasteiger partial charge on any atom is 0.197 e. The first kappa shape index (κ1) is 12.1. The van der Waals surface area contributed by atoms with Crippen LogP contribution >= 0.6 is 0 Å². The average molecular weight is 259 g/mol. The number of nitrogens with zero attached hydrogens (tertiary/aromatic N) is 2. The van der Waals surface area contributed by atoms with E-state index in [1.807, 2.05) is 0 Å². The minimum atomic E-state index is -4.48. The highest BCUT2D eigenvalue weighted by Crippen LogP contribution is 2.21. The molecule has 2 N–H and O–H groups in total. The van der Waals surface area contributed by atoms with Gasteiger partial charge in [-0.05, 0) is 13.8 Å². The van der Waals surface area contributed by atoms with Gasteiger partial charge in [0.25, 0.3) is 0 Å². The van der Waals surface area contributed by atoms with E-state index in [0.717, 1.165) is 0 Å². The second kappa shape index (κ2) is 4.11. The second-order valence-electron chi connectivity index (χ2n) is 4.03. The molecule has 0 amide bonds. The molecule has 96 valence electrons. The van der Waals surface area contributed by atoms with E-state index >= 15 is 0 Å². The first-order chi connectivity index (χ1) is 7.91. The molecule has 0 spiro atoms. The third-order valence-corrected chi connectivity index (χ3v) is 3.83. The first-order valence-corrected chi connectivity index (χ1v) is 6.73. The summed E-state index contributed by atoms with van der Waals surface area (Å²) >= 11 is 0. The normalized spacial score (nSPS) is 29.4. The Labute approximate surface area is 101 Å². The zero-order valence-electron chi connectivity index (χ0n) is 9.57. The van der Waals surface area contributed by atoms with Crippen molar-refractivity contribution in [1.29, 1.82) is 0 Å². The summed E-state index contributed by atoms with van der Waals surface area (Å²) in [5.41, 5.74) is -1.25. The molecule has 2 rings (SSSR count). The quantitative estimate of drug-likeness (QED) is 0.645. The van der Waals surface area contributed by atoms with Crippen LogP contribution in [0.5, 0.6) is 0 Å². The Morgan fingerprint density at radius 2 is 1.53 bits per heavy atom. The van der Waals surface area contributed by atoms with E-state index in [0.29, 0.717) is 0 Å². The molecule has 3 atom stereocenters.